The molecule has 0 aliphatic rings. The lowest BCUT2D eigenvalue weighted by Crippen LogP contribution is -2.23. The summed E-state index contributed by atoms with van der Waals surface area (Å²) in [5, 5.41) is 18.8. The Morgan fingerprint density at radius 1 is 0.568 bits per heavy atom. The summed E-state index contributed by atoms with van der Waals surface area (Å²) in [6, 6.07) is 0. The zero-order valence-electron chi connectivity index (χ0n) is 23.9. The molecule has 4 N–H and O–H groups in total. The molecule has 0 spiro atoms. The van der Waals surface area contributed by atoms with Crippen molar-refractivity contribution in [3.8, 4) is 0 Å². The highest BCUT2D eigenvalue weighted by molar-refractivity contribution is 7.99. The van der Waals surface area contributed by atoms with Crippen LogP contribution in [0, 0.1) is 0 Å². The van der Waals surface area contributed by atoms with Crippen molar-refractivity contribution < 1.29 is 24.1 Å². The van der Waals surface area contributed by atoms with Crippen molar-refractivity contribution in [1.82, 2.24) is 16.0 Å². The summed E-state index contributed by atoms with van der Waals surface area (Å²) in [6.07, 6.45) is 15.9. The molecule has 9 heteroatoms. The van der Waals surface area contributed by atoms with Gasteiger partial charge in [-0.15, -0.1) is 0 Å². The summed E-state index contributed by atoms with van der Waals surface area (Å²) in [4.78, 5) is 10.3. The molecule has 0 bridgehead atoms. The second-order valence-electron chi connectivity index (χ2n) is 9.36. The molecule has 0 amide bonds. The van der Waals surface area contributed by atoms with Crippen LogP contribution in [0.4, 0.5) is 0 Å². The molecule has 8 nitrogen and oxygen atoms in total. The van der Waals surface area contributed by atoms with Crippen molar-refractivity contribution in [2.45, 2.75) is 84.0 Å². The number of hydrogen-bond donors (Lipinski definition) is 4. The van der Waals surface area contributed by atoms with Crippen LogP contribution in [-0.2, 0) is 19.0 Å². The van der Waals surface area contributed by atoms with Gasteiger partial charge in [0.2, 0.25) is 0 Å². The van der Waals surface area contributed by atoms with E-state index in [0.717, 1.165) is 52.5 Å². The average Bonchev–Trinajstić information content (AvgIpc) is 2.89. The van der Waals surface area contributed by atoms with Gasteiger partial charge in [-0.25, -0.2) is 4.79 Å². The molecule has 0 aliphatic carbocycles. The second-order valence-corrected chi connectivity index (χ2v) is 10.6. The first-order chi connectivity index (χ1) is 18.3. The fourth-order valence-electron chi connectivity index (χ4n) is 3.76. The summed E-state index contributed by atoms with van der Waals surface area (Å²) in [6.45, 7) is 11.0. The fourth-order valence-corrected chi connectivity index (χ4v) is 4.78. The fraction of sp³-hybridized carbons (Fsp3) is 0.964. The van der Waals surface area contributed by atoms with E-state index in [1.54, 1.807) is 0 Å². The zero-order valence-corrected chi connectivity index (χ0v) is 24.7. The largest absolute Gasteiger partial charge is 0.480 e. The number of nitrogens with one attached hydrogen (secondary N) is 3. The van der Waals surface area contributed by atoms with Gasteiger partial charge in [0.15, 0.2) is 0 Å². The number of carbonyl (C=O) groups is 1. The van der Waals surface area contributed by atoms with Crippen LogP contribution < -0.4 is 16.0 Å². The SMILES string of the molecule is CCOCCNCCCCCCCCSCCCCCCNCCCCNCCOCCOCC(=O)O. The highest BCUT2D eigenvalue weighted by atomic mass is 32.2. The molecular formula is C28H59N3O5S. The van der Waals surface area contributed by atoms with Crippen LogP contribution in [0.2, 0.25) is 0 Å². The number of aliphatic carboxylic acids is 1. The third-order valence-corrected chi connectivity index (χ3v) is 7.04. The topological polar surface area (TPSA) is 101 Å². The maximum absolute atomic E-state index is 10.3. The van der Waals surface area contributed by atoms with E-state index in [1.165, 1.54) is 88.6 Å². The molecule has 0 aromatic heterocycles. The van der Waals surface area contributed by atoms with E-state index in [1.807, 2.05) is 6.92 Å². The standard InChI is InChI=1S/C28H59N3O5S/c1-2-34-21-19-30-16-9-5-3-4-7-13-25-37-26-14-8-6-10-15-29-17-11-12-18-31-20-22-35-23-24-36-27-28(32)33/h29-31H,2-27H2,1H3,(H,32,33). The van der Waals surface area contributed by atoms with Gasteiger partial charge in [-0.05, 0) is 83.1 Å². The van der Waals surface area contributed by atoms with Crippen LogP contribution in [0.3, 0.4) is 0 Å². The quantitative estimate of drug-likeness (QED) is 0.0892. The first-order valence-corrected chi connectivity index (χ1v) is 16.1. The van der Waals surface area contributed by atoms with Gasteiger partial charge in [0.1, 0.15) is 6.61 Å². The number of rotatable bonds is 33. The third kappa shape index (κ3) is 35.6. The highest BCUT2D eigenvalue weighted by Crippen LogP contribution is 2.12. The minimum absolute atomic E-state index is 0.259. The summed E-state index contributed by atoms with van der Waals surface area (Å²) in [5.74, 6) is 1.72. The Hall–Kier alpha value is -0.420. The first kappa shape index (κ1) is 36.6. The van der Waals surface area contributed by atoms with Crippen molar-refractivity contribution in [2.75, 3.05) is 90.4 Å². The lowest BCUT2D eigenvalue weighted by atomic mass is 10.1. The molecule has 0 fully saturated rings. The van der Waals surface area contributed by atoms with Gasteiger partial charge in [-0.2, -0.15) is 11.8 Å². The Bertz CT molecular complexity index is 450. The van der Waals surface area contributed by atoms with Crippen LogP contribution in [0.1, 0.15) is 84.0 Å². The molecule has 0 unspecified atom stereocenters. The minimum atomic E-state index is -0.947. The Morgan fingerprint density at radius 2 is 1.00 bits per heavy atom. The molecule has 0 aliphatic heterocycles. The van der Waals surface area contributed by atoms with Crippen LogP contribution in [0.5, 0.6) is 0 Å². The predicted molar refractivity (Wildman–Crippen MR) is 157 cm³/mol. The van der Waals surface area contributed by atoms with Crippen molar-refractivity contribution in [3.63, 3.8) is 0 Å². The van der Waals surface area contributed by atoms with Gasteiger partial charge in [-0.1, -0.05) is 38.5 Å². The molecule has 0 aromatic carbocycles. The first-order valence-electron chi connectivity index (χ1n) is 14.9. The Morgan fingerprint density at radius 3 is 1.54 bits per heavy atom. The van der Waals surface area contributed by atoms with E-state index in [0.29, 0.717) is 19.8 Å². The van der Waals surface area contributed by atoms with E-state index in [9.17, 15) is 4.79 Å². The van der Waals surface area contributed by atoms with E-state index >= 15 is 0 Å². The highest BCUT2D eigenvalue weighted by Gasteiger charge is 1.97. The minimum Gasteiger partial charge on any atom is -0.480 e. The van der Waals surface area contributed by atoms with Gasteiger partial charge in [-0.3, -0.25) is 0 Å². The normalized spacial score (nSPS) is 11.4. The lowest BCUT2D eigenvalue weighted by molar-refractivity contribution is -0.142. The molecule has 0 saturated carbocycles. The molecule has 0 aromatic rings. The maximum Gasteiger partial charge on any atom is 0.329 e. The lowest BCUT2D eigenvalue weighted by Gasteiger charge is -2.07. The Balaban J connectivity index is 3.02. The monoisotopic (exact) mass is 549 g/mol. The van der Waals surface area contributed by atoms with Crippen LogP contribution >= 0.6 is 11.8 Å². The summed E-state index contributed by atoms with van der Waals surface area (Å²) >= 11 is 2.15. The summed E-state index contributed by atoms with van der Waals surface area (Å²) in [7, 11) is 0. The predicted octanol–water partition coefficient (Wildman–Crippen LogP) is 4.32. The number of ether oxygens (including phenoxy) is 3. The number of thioether (sulfide) groups is 1. The van der Waals surface area contributed by atoms with E-state index in [2.05, 4.69) is 27.7 Å². The molecule has 0 atom stereocenters. The summed E-state index contributed by atoms with van der Waals surface area (Å²) in [5.41, 5.74) is 0. The van der Waals surface area contributed by atoms with E-state index in [4.69, 9.17) is 19.3 Å². The van der Waals surface area contributed by atoms with E-state index < -0.39 is 5.97 Å². The molecule has 0 radical (unpaired) electrons. The zero-order chi connectivity index (χ0) is 26.9. The van der Waals surface area contributed by atoms with Gasteiger partial charge in [0.05, 0.1) is 26.4 Å². The molecule has 0 saturated heterocycles. The smallest absolute Gasteiger partial charge is 0.329 e. The number of unbranched alkanes of at least 4 members (excludes halogenated alkanes) is 9. The molecule has 222 valence electrons. The number of hydrogen-bond acceptors (Lipinski definition) is 8. The van der Waals surface area contributed by atoms with Crippen molar-refractivity contribution >= 4 is 17.7 Å². The van der Waals surface area contributed by atoms with Crippen molar-refractivity contribution in [1.29, 1.82) is 0 Å². The van der Waals surface area contributed by atoms with Crippen molar-refractivity contribution in [2.24, 2.45) is 0 Å². The molecule has 0 heterocycles. The van der Waals surface area contributed by atoms with Gasteiger partial charge in [0, 0.05) is 19.7 Å². The number of carboxylic acids is 1. The van der Waals surface area contributed by atoms with Gasteiger partial charge >= 0.3 is 5.97 Å². The van der Waals surface area contributed by atoms with Crippen LogP contribution in [0.25, 0.3) is 0 Å². The number of carboxylic acid groups (broad SMARTS) is 1. The van der Waals surface area contributed by atoms with Gasteiger partial charge in [0.25, 0.3) is 0 Å². The average molecular weight is 550 g/mol. The molecular weight excluding hydrogens is 490 g/mol. The van der Waals surface area contributed by atoms with E-state index in [-0.39, 0.29) is 6.61 Å². The maximum atomic E-state index is 10.3. The second kappa shape index (κ2) is 33.6. The van der Waals surface area contributed by atoms with Crippen molar-refractivity contribution in [3.05, 3.63) is 0 Å². The third-order valence-electron chi connectivity index (χ3n) is 5.89. The van der Waals surface area contributed by atoms with Gasteiger partial charge < -0.3 is 35.3 Å². The molecule has 37 heavy (non-hydrogen) atoms. The molecule has 0 rings (SSSR count). The Kier molecular flexibility index (Phi) is 33.2. The van der Waals surface area contributed by atoms with Crippen LogP contribution in [0.15, 0.2) is 0 Å². The van der Waals surface area contributed by atoms with Crippen LogP contribution in [-0.4, -0.2) is 101 Å². The Labute approximate surface area is 232 Å². The summed E-state index contributed by atoms with van der Waals surface area (Å²) < 4.78 is 15.6.